The monoisotopic (exact) mass is 428 g/mol. The van der Waals surface area contributed by atoms with Crippen molar-refractivity contribution in [3.63, 3.8) is 0 Å². The summed E-state index contributed by atoms with van der Waals surface area (Å²) in [5.74, 6) is -0.216. The molecule has 0 radical (unpaired) electrons. The van der Waals surface area contributed by atoms with E-state index < -0.39 is 10.0 Å². The molecule has 1 aliphatic heterocycles. The minimum atomic E-state index is -3.35. The molecule has 1 amide bonds. The van der Waals surface area contributed by atoms with Crippen LogP contribution in [0.25, 0.3) is 10.6 Å². The van der Waals surface area contributed by atoms with Crippen LogP contribution in [0.5, 0.6) is 0 Å². The molecule has 1 aromatic heterocycles. The van der Waals surface area contributed by atoms with Gasteiger partial charge in [0.15, 0.2) is 0 Å². The Morgan fingerprint density at radius 1 is 1.10 bits per heavy atom. The van der Waals surface area contributed by atoms with Crippen LogP contribution in [0.4, 0.5) is 10.8 Å². The van der Waals surface area contributed by atoms with E-state index in [4.69, 9.17) is 0 Å². The largest absolute Gasteiger partial charge is 0.296 e. The van der Waals surface area contributed by atoms with Gasteiger partial charge in [0.1, 0.15) is 5.01 Å². The molecule has 1 saturated heterocycles. The average Bonchev–Trinajstić information content (AvgIpc) is 3.17. The number of nitrogens with zero attached hydrogens (tertiary/aromatic N) is 3. The van der Waals surface area contributed by atoms with E-state index in [9.17, 15) is 13.2 Å². The van der Waals surface area contributed by atoms with Crippen LogP contribution in [0.15, 0.2) is 48.5 Å². The number of benzene rings is 2. The molecule has 1 fully saturated rings. The van der Waals surface area contributed by atoms with E-state index in [0.717, 1.165) is 17.5 Å². The number of carbonyl (C=O) groups excluding carboxylic acids is 1. The van der Waals surface area contributed by atoms with Crippen molar-refractivity contribution < 1.29 is 13.2 Å². The van der Waals surface area contributed by atoms with Crippen LogP contribution in [0.3, 0.4) is 0 Å². The van der Waals surface area contributed by atoms with E-state index in [-0.39, 0.29) is 11.7 Å². The Morgan fingerprint density at radius 2 is 1.90 bits per heavy atom. The third-order valence-electron chi connectivity index (χ3n) is 4.76. The lowest BCUT2D eigenvalue weighted by atomic mass is 10.1. The molecule has 2 aromatic carbocycles. The number of aryl methyl sites for hydroxylation is 1. The standard InChI is InChI=1S/C20H20N4O3S2/c1-14-9-10-16(13-17(14)24-11-5-6-12-29(24,26)27)18(25)21-20-23-22-19(28-20)15-7-3-2-4-8-15/h2-4,7-10,13H,5-6,11-12H2,1H3,(H,21,23,25). The maximum absolute atomic E-state index is 12.7. The van der Waals surface area contributed by atoms with Crippen molar-refractivity contribution in [3.8, 4) is 10.6 Å². The number of carbonyl (C=O) groups is 1. The van der Waals surface area contributed by atoms with Crippen molar-refractivity contribution in [2.75, 3.05) is 21.9 Å². The van der Waals surface area contributed by atoms with E-state index >= 15 is 0 Å². The highest BCUT2D eigenvalue weighted by Gasteiger charge is 2.27. The fourth-order valence-corrected chi connectivity index (χ4v) is 5.66. The number of aromatic nitrogens is 2. The lowest BCUT2D eigenvalue weighted by Crippen LogP contribution is -2.38. The van der Waals surface area contributed by atoms with Crippen molar-refractivity contribution in [3.05, 3.63) is 59.7 Å². The molecule has 0 spiro atoms. The first-order valence-corrected chi connectivity index (χ1v) is 11.7. The molecule has 29 heavy (non-hydrogen) atoms. The van der Waals surface area contributed by atoms with Crippen LogP contribution in [0, 0.1) is 6.92 Å². The summed E-state index contributed by atoms with van der Waals surface area (Å²) in [6, 6.07) is 14.7. The predicted molar refractivity (Wildman–Crippen MR) is 115 cm³/mol. The molecule has 4 rings (SSSR count). The van der Waals surface area contributed by atoms with E-state index in [2.05, 4.69) is 15.5 Å². The SMILES string of the molecule is Cc1ccc(C(=O)Nc2nnc(-c3ccccc3)s2)cc1N1CCCCS1(=O)=O. The number of hydrogen-bond acceptors (Lipinski definition) is 6. The third-order valence-corrected chi connectivity index (χ3v) is 7.50. The summed E-state index contributed by atoms with van der Waals surface area (Å²) < 4.78 is 26.3. The molecule has 0 unspecified atom stereocenters. The zero-order chi connectivity index (χ0) is 20.4. The van der Waals surface area contributed by atoms with Gasteiger partial charge in [-0.25, -0.2) is 8.42 Å². The zero-order valence-electron chi connectivity index (χ0n) is 15.8. The number of rotatable bonds is 4. The van der Waals surface area contributed by atoms with Crippen molar-refractivity contribution >= 4 is 38.1 Å². The highest BCUT2D eigenvalue weighted by atomic mass is 32.2. The van der Waals surface area contributed by atoms with E-state index in [1.165, 1.54) is 15.6 Å². The van der Waals surface area contributed by atoms with Gasteiger partial charge in [0.2, 0.25) is 15.2 Å². The summed E-state index contributed by atoms with van der Waals surface area (Å²) in [4.78, 5) is 12.7. The predicted octanol–water partition coefficient (Wildman–Crippen LogP) is 3.70. The highest BCUT2D eigenvalue weighted by molar-refractivity contribution is 7.92. The van der Waals surface area contributed by atoms with Crippen molar-refractivity contribution in [2.24, 2.45) is 0 Å². The molecule has 150 valence electrons. The molecular weight excluding hydrogens is 408 g/mol. The number of sulfonamides is 1. The molecule has 0 bridgehead atoms. The molecule has 2 heterocycles. The first-order chi connectivity index (χ1) is 13.9. The summed E-state index contributed by atoms with van der Waals surface area (Å²) in [5, 5.41) is 12.0. The number of anilines is 2. The summed E-state index contributed by atoms with van der Waals surface area (Å²) in [7, 11) is -3.35. The lowest BCUT2D eigenvalue weighted by Gasteiger charge is -2.29. The Kier molecular flexibility index (Phi) is 5.33. The van der Waals surface area contributed by atoms with E-state index in [1.54, 1.807) is 18.2 Å². The normalized spacial score (nSPS) is 15.8. The van der Waals surface area contributed by atoms with Crippen LogP contribution in [0.1, 0.15) is 28.8 Å². The Hall–Kier alpha value is -2.78. The number of amides is 1. The van der Waals surface area contributed by atoms with Crippen LogP contribution in [-0.2, 0) is 10.0 Å². The molecule has 9 heteroatoms. The first-order valence-electron chi connectivity index (χ1n) is 9.25. The third kappa shape index (κ3) is 4.15. The molecule has 0 aliphatic carbocycles. The Balaban J connectivity index is 1.56. The van der Waals surface area contributed by atoms with Crippen molar-refractivity contribution in [1.29, 1.82) is 0 Å². The average molecular weight is 429 g/mol. The van der Waals surface area contributed by atoms with Crippen LogP contribution >= 0.6 is 11.3 Å². The fourth-order valence-electron chi connectivity index (χ4n) is 3.22. The second-order valence-corrected chi connectivity index (χ2v) is 9.82. The fraction of sp³-hybridized carbons (Fsp3) is 0.250. The molecule has 0 saturated carbocycles. The van der Waals surface area contributed by atoms with Gasteiger partial charge >= 0.3 is 0 Å². The molecular formula is C20H20N4O3S2. The molecule has 1 aliphatic rings. The Morgan fingerprint density at radius 3 is 2.66 bits per heavy atom. The van der Waals surface area contributed by atoms with Gasteiger partial charge in [0.05, 0.1) is 11.4 Å². The maximum Gasteiger partial charge on any atom is 0.257 e. The quantitative estimate of drug-likeness (QED) is 0.684. The van der Waals surface area contributed by atoms with Gasteiger partial charge < -0.3 is 0 Å². The van der Waals surface area contributed by atoms with Crippen LogP contribution in [-0.4, -0.2) is 36.8 Å². The van der Waals surface area contributed by atoms with Gasteiger partial charge in [-0.2, -0.15) is 0 Å². The van der Waals surface area contributed by atoms with E-state index in [0.29, 0.717) is 34.4 Å². The summed E-state index contributed by atoms with van der Waals surface area (Å²) >= 11 is 1.28. The smallest absolute Gasteiger partial charge is 0.257 e. The molecule has 0 atom stereocenters. The summed E-state index contributed by atoms with van der Waals surface area (Å²) in [6.07, 6.45) is 1.47. The summed E-state index contributed by atoms with van der Waals surface area (Å²) in [6.45, 7) is 2.28. The minimum absolute atomic E-state index is 0.135. The van der Waals surface area contributed by atoms with Gasteiger partial charge in [-0.1, -0.05) is 47.7 Å². The molecule has 1 N–H and O–H groups in total. The van der Waals surface area contributed by atoms with Gasteiger partial charge in [0.25, 0.3) is 5.91 Å². The lowest BCUT2D eigenvalue weighted by molar-refractivity contribution is 0.102. The molecule has 3 aromatic rings. The van der Waals surface area contributed by atoms with Crippen LogP contribution < -0.4 is 9.62 Å². The van der Waals surface area contributed by atoms with Crippen molar-refractivity contribution in [2.45, 2.75) is 19.8 Å². The maximum atomic E-state index is 12.7. The highest BCUT2D eigenvalue weighted by Crippen LogP contribution is 2.29. The number of nitrogens with one attached hydrogen (secondary N) is 1. The Bertz CT molecular complexity index is 1140. The van der Waals surface area contributed by atoms with Gasteiger partial charge in [-0.15, -0.1) is 10.2 Å². The van der Waals surface area contributed by atoms with Gasteiger partial charge in [0, 0.05) is 17.7 Å². The van der Waals surface area contributed by atoms with Crippen LogP contribution in [0.2, 0.25) is 0 Å². The first kappa shape index (κ1) is 19.5. The summed E-state index contributed by atoms with van der Waals surface area (Å²) in [5.41, 5.74) is 2.68. The number of hydrogen-bond donors (Lipinski definition) is 1. The second kappa shape index (κ2) is 7.92. The zero-order valence-corrected chi connectivity index (χ0v) is 17.5. The van der Waals surface area contributed by atoms with Gasteiger partial charge in [-0.05, 0) is 37.5 Å². The Labute approximate surface area is 173 Å². The van der Waals surface area contributed by atoms with Gasteiger partial charge in [-0.3, -0.25) is 14.4 Å². The molecule has 7 nitrogen and oxygen atoms in total. The van der Waals surface area contributed by atoms with Crippen molar-refractivity contribution in [1.82, 2.24) is 10.2 Å². The minimum Gasteiger partial charge on any atom is -0.296 e. The second-order valence-electron chi connectivity index (χ2n) is 6.83. The van der Waals surface area contributed by atoms with E-state index in [1.807, 2.05) is 37.3 Å². The topological polar surface area (TPSA) is 92.3 Å².